The Morgan fingerprint density at radius 2 is 2.00 bits per heavy atom. The minimum atomic E-state index is -1.64. The summed E-state index contributed by atoms with van der Waals surface area (Å²) in [5.41, 5.74) is -1.64. The highest BCUT2D eigenvalue weighted by molar-refractivity contribution is 7.10. The van der Waals surface area contributed by atoms with Crippen molar-refractivity contribution in [2.24, 2.45) is 11.8 Å². The van der Waals surface area contributed by atoms with Crippen LogP contribution in [0.3, 0.4) is 0 Å². The SMILES string of the molecule is COC(=O)C[C@]1(C(=O)OC)N[C@@H](c2cccs2)[C@H]2C(=O)N(C)C(=O)[C@H]21. The summed E-state index contributed by atoms with van der Waals surface area (Å²) in [7, 11) is 3.76. The van der Waals surface area contributed by atoms with Crippen LogP contribution in [0.5, 0.6) is 0 Å². The van der Waals surface area contributed by atoms with Crippen LogP contribution in [0.1, 0.15) is 17.3 Å². The first kappa shape index (κ1) is 17.6. The van der Waals surface area contributed by atoms with Gasteiger partial charge in [-0.05, 0) is 11.4 Å². The standard InChI is InChI=1S/C16H18N2O6S/c1-18-13(20)10-11(14(18)21)16(15(22)24-3,7-9(19)23-2)17-12(10)8-5-4-6-25-8/h4-6,10-12,17H,7H2,1-3H3/t10-,11-,12-,16-/m0/s1. The van der Waals surface area contributed by atoms with E-state index in [-0.39, 0.29) is 5.91 Å². The third-order valence-corrected chi connectivity index (χ3v) is 5.88. The molecule has 2 saturated heterocycles. The Morgan fingerprint density at radius 3 is 2.56 bits per heavy atom. The molecular formula is C16H18N2O6S. The summed E-state index contributed by atoms with van der Waals surface area (Å²) in [4.78, 5) is 51.8. The molecule has 3 heterocycles. The van der Waals surface area contributed by atoms with Crippen LogP contribution < -0.4 is 5.32 Å². The fourth-order valence-corrected chi connectivity index (χ4v) is 4.59. The van der Waals surface area contributed by atoms with Gasteiger partial charge in [0.1, 0.15) is 5.54 Å². The van der Waals surface area contributed by atoms with E-state index in [0.717, 1.165) is 9.78 Å². The van der Waals surface area contributed by atoms with Crippen molar-refractivity contribution in [3.8, 4) is 0 Å². The van der Waals surface area contributed by atoms with E-state index in [4.69, 9.17) is 9.47 Å². The molecule has 0 bridgehead atoms. The fraction of sp³-hybridized carbons (Fsp3) is 0.500. The van der Waals surface area contributed by atoms with Gasteiger partial charge >= 0.3 is 11.9 Å². The minimum absolute atomic E-state index is 0.378. The first-order valence-corrected chi connectivity index (χ1v) is 8.53. The summed E-state index contributed by atoms with van der Waals surface area (Å²) < 4.78 is 9.59. The summed E-state index contributed by atoms with van der Waals surface area (Å²) in [5.74, 6) is -4.11. The smallest absolute Gasteiger partial charge is 0.327 e. The zero-order valence-corrected chi connectivity index (χ0v) is 14.8. The average Bonchev–Trinajstić information content (AvgIpc) is 3.29. The number of carbonyl (C=O) groups is 4. The number of nitrogens with zero attached hydrogens (tertiary/aromatic N) is 1. The molecule has 134 valence electrons. The molecule has 2 aliphatic rings. The van der Waals surface area contributed by atoms with Crippen molar-refractivity contribution in [3.05, 3.63) is 22.4 Å². The van der Waals surface area contributed by atoms with Crippen LogP contribution in [0.4, 0.5) is 0 Å². The number of fused-ring (bicyclic) bond motifs is 1. The molecule has 4 atom stereocenters. The van der Waals surface area contributed by atoms with E-state index in [0.29, 0.717) is 0 Å². The molecule has 0 unspecified atom stereocenters. The molecule has 2 amide bonds. The molecule has 9 heteroatoms. The van der Waals surface area contributed by atoms with E-state index in [1.807, 2.05) is 17.5 Å². The number of imide groups is 1. The van der Waals surface area contributed by atoms with E-state index in [1.165, 1.54) is 32.6 Å². The third-order valence-electron chi connectivity index (χ3n) is 4.92. The maximum absolute atomic E-state index is 12.7. The Bertz CT molecular complexity index is 733. The summed E-state index contributed by atoms with van der Waals surface area (Å²) in [5, 5.41) is 4.92. The van der Waals surface area contributed by atoms with Gasteiger partial charge < -0.3 is 9.47 Å². The van der Waals surface area contributed by atoms with Gasteiger partial charge in [0.2, 0.25) is 11.8 Å². The number of ether oxygens (including phenoxy) is 2. The number of carbonyl (C=O) groups excluding carboxylic acids is 4. The predicted octanol–water partition coefficient (Wildman–Crippen LogP) is 0.0983. The molecule has 0 aromatic carbocycles. The highest BCUT2D eigenvalue weighted by Gasteiger charge is 2.69. The highest BCUT2D eigenvalue weighted by atomic mass is 32.1. The second-order valence-corrected chi connectivity index (χ2v) is 7.07. The third kappa shape index (κ3) is 2.46. The van der Waals surface area contributed by atoms with Gasteiger partial charge in [-0.2, -0.15) is 0 Å². The maximum Gasteiger partial charge on any atom is 0.327 e. The first-order chi connectivity index (χ1) is 11.9. The van der Waals surface area contributed by atoms with E-state index in [2.05, 4.69) is 5.32 Å². The summed E-state index contributed by atoms with van der Waals surface area (Å²) in [6.45, 7) is 0. The topological polar surface area (TPSA) is 102 Å². The lowest BCUT2D eigenvalue weighted by Gasteiger charge is -2.30. The molecule has 1 N–H and O–H groups in total. The molecule has 3 rings (SSSR count). The zero-order chi connectivity index (χ0) is 18.4. The molecule has 0 saturated carbocycles. The van der Waals surface area contributed by atoms with Gasteiger partial charge in [0.15, 0.2) is 0 Å². The monoisotopic (exact) mass is 366 g/mol. The number of hydrogen-bond acceptors (Lipinski definition) is 8. The largest absolute Gasteiger partial charge is 0.469 e. The van der Waals surface area contributed by atoms with Crippen molar-refractivity contribution in [2.75, 3.05) is 21.3 Å². The van der Waals surface area contributed by atoms with Crippen LogP contribution in [0.15, 0.2) is 17.5 Å². The molecule has 1 aromatic heterocycles. The lowest BCUT2D eigenvalue weighted by Crippen LogP contribution is -2.57. The van der Waals surface area contributed by atoms with Crippen LogP contribution >= 0.6 is 11.3 Å². The molecular weight excluding hydrogens is 348 g/mol. The second-order valence-electron chi connectivity index (χ2n) is 6.09. The average molecular weight is 366 g/mol. The Kier molecular flexibility index (Phi) is 4.38. The van der Waals surface area contributed by atoms with Gasteiger partial charge in [-0.15, -0.1) is 11.3 Å². The minimum Gasteiger partial charge on any atom is -0.469 e. The molecule has 1 aromatic rings. The van der Waals surface area contributed by atoms with Crippen molar-refractivity contribution in [3.63, 3.8) is 0 Å². The molecule has 25 heavy (non-hydrogen) atoms. The van der Waals surface area contributed by atoms with Gasteiger partial charge in [-0.1, -0.05) is 6.07 Å². The molecule has 0 aliphatic carbocycles. The second kappa shape index (κ2) is 6.23. The van der Waals surface area contributed by atoms with E-state index >= 15 is 0 Å². The predicted molar refractivity (Wildman–Crippen MR) is 86.3 cm³/mol. The Hall–Kier alpha value is -2.26. The highest BCUT2D eigenvalue weighted by Crippen LogP contribution is 2.50. The van der Waals surface area contributed by atoms with Crippen LogP contribution in [0, 0.1) is 11.8 Å². The number of amides is 2. The summed E-state index contributed by atoms with van der Waals surface area (Å²) in [6.07, 6.45) is -0.397. The van der Waals surface area contributed by atoms with Crippen LogP contribution in [-0.4, -0.2) is 55.5 Å². The van der Waals surface area contributed by atoms with Crippen LogP contribution in [0.25, 0.3) is 0 Å². The Labute approximate surface area is 148 Å². The van der Waals surface area contributed by atoms with E-state index in [1.54, 1.807) is 0 Å². The van der Waals surface area contributed by atoms with Crippen molar-refractivity contribution in [1.82, 2.24) is 10.2 Å². The van der Waals surface area contributed by atoms with E-state index < -0.39 is 47.7 Å². The summed E-state index contributed by atoms with van der Waals surface area (Å²) >= 11 is 1.41. The Morgan fingerprint density at radius 1 is 1.28 bits per heavy atom. The van der Waals surface area contributed by atoms with E-state index in [9.17, 15) is 19.2 Å². The lowest BCUT2D eigenvalue weighted by molar-refractivity contribution is -0.159. The first-order valence-electron chi connectivity index (χ1n) is 7.65. The van der Waals surface area contributed by atoms with Gasteiger partial charge in [0, 0.05) is 11.9 Å². The van der Waals surface area contributed by atoms with Crippen molar-refractivity contribution in [2.45, 2.75) is 18.0 Å². The van der Waals surface area contributed by atoms with Gasteiger partial charge in [-0.3, -0.25) is 29.4 Å². The van der Waals surface area contributed by atoms with Gasteiger partial charge in [0.25, 0.3) is 0 Å². The number of esters is 2. The van der Waals surface area contributed by atoms with Crippen molar-refractivity contribution < 1.29 is 28.7 Å². The Balaban J connectivity index is 2.14. The van der Waals surface area contributed by atoms with Crippen molar-refractivity contribution in [1.29, 1.82) is 0 Å². The molecule has 2 aliphatic heterocycles. The van der Waals surface area contributed by atoms with Gasteiger partial charge in [0.05, 0.1) is 38.5 Å². The molecule has 2 fully saturated rings. The normalized spacial score (nSPS) is 31.2. The number of rotatable bonds is 4. The number of thiophene rings is 1. The zero-order valence-electron chi connectivity index (χ0n) is 14.0. The maximum atomic E-state index is 12.7. The summed E-state index contributed by atoms with van der Waals surface area (Å²) in [6, 6.07) is 3.08. The van der Waals surface area contributed by atoms with Crippen molar-refractivity contribution >= 4 is 35.1 Å². The molecule has 0 radical (unpaired) electrons. The molecule has 0 spiro atoms. The molecule has 8 nitrogen and oxygen atoms in total. The number of nitrogens with one attached hydrogen (secondary N) is 1. The quantitative estimate of drug-likeness (QED) is 0.595. The number of likely N-dealkylation sites (tertiary alicyclic amines) is 1. The van der Waals surface area contributed by atoms with Gasteiger partial charge in [-0.25, -0.2) is 0 Å². The lowest BCUT2D eigenvalue weighted by atomic mass is 9.78. The van der Waals surface area contributed by atoms with Crippen LogP contribution in [-0.2, 0) is 28.7 Å². The fourth-order valence-electron chi connectivity index (χ4n) is 3.76. The number of methoxy groups -OCH3 is 2. The van der Waals surface area contributed by atoms with Crippen LogP contribution in [0.2, 0.25) is 0 Å². The number of hydrogen-bond donors (Lipinski definition) is 1.